The Morgan fingerprint density at radius 1 is 1.29 bits per heavy atom. The van der Waals surface area contributed by atoms with Gasteiger partial charge in [0, 0.05) is 27.9 Å². The lowest BCUT2D eigenvalue weighted by Gasteiger charge is -2.07. The van der Waals surface area contributed by atoms with E-state index in [2.05, 4.69) is 33.0 Å². The Bertz CT molecular complexity index is 951. The quantitative estimate of drug-likeness (QED) is 0.474. The van der Waals surface area contributed by atoms with E-state index in [4.69, 9.17) is 11.6 Å². The van der Waals surface area contributed by atoms with E-state index < -0.39 is 0 Å². The molecule has 0 spiro atoms. The van der Waals surface area contributed by atoms with Crippen molar-refractivity contribution in [2.75, 3.05) is 6.54 Å². The lowest BCUT2D eigenvalue weighted by atomic mass is 10.2. The zero-order valence-electron chi connectivity index (χ0n) is 12.6. The summed E-state index contributed by atoms with van der Waals surface area (Å²) >= 11 is 7.97. The Hall–Kier alpha value is -1.87. The van der Waals surface area contributed by atoms with Crippen LogP contribution in [0.4, 0.5) is 0 Å². The molecule has 1 aromatic carbocycles. The molecule has 1 N–H and O–H groups in total. The zero-order valence-corrected chi connectivity index (χ0v) is 15.5. The Morgan fingerprint density at radius 3 is 2.88 bits per heavy atom. The number of nitrogens with zero attached hydrogens (tertiary/aromatic N) is 3. The molecule has 124 valence electrons. The van der Waals surface area contributed by atoms with Gasteiger partial charge in [0.2, 0.25) is 0 Å². The van der Waals surface area contributed by atoms with E-state index in [-0.39, 0.29) is 11.6 Å². The first-order chi connectivity index (χ1) is 11.6. The minimum absolute atomic E-state index is 0.154. The second-order valence-electron chi connectivity index (χ2n) is 5.17. The van der Waals surface area contributed by atoms with E-state index in [0.717, 1.165) is 3.57 Å². The van der Waals surface area contributed by atoms with E-state index in [0.29, 0.717) is 35.7 Å². The van der Waals surface area contributed by atoms with Crippen LogP contribution in [0, 0.1) is 3.57 Å². The van der Waals surface area contributed by atoms with Crippen molar-refractivity contribution in [1.29, 1.82) is 0 Å². The maximum atomic E-state index is 12.1. The standard InChI is InChI=1S/C16H14ClIN4O2/c17-11-5-6-12(13(18)10-11)15(23)19-7-3-9-22-16(24)21-8-2-1-4-14(21)20-22/h1-2,4-6,8,10H,3,7,9H2,(H,19,23). The van der Waals surface area contributed by atoms with Crippen LogP contribution in [0.3, 0.4) is 0 Å². The number of hydrogen-bond donors (Lipinski definition) is 1. The van der Waals surface area contributed by atoms with Gasteiger partial charge in [-0.3, -0.25) is 9.20 Å². The highest BCUT2D eigenvalue weighted by Crippen LogP contribution is 2.17. The first-order valence-corrected chi connectivity index (χ1v) is 8.79. The summed E-state index contributed by atoms with van der Waals surface area (Å²) in [5.74, 6) is -0.154. The number of carbonyl (C=O) groups is 1. The lowest BCUT2D eigenvalue weighted by molar-refractivity contribution is 0.0951. The predicted octanol–water partition coefficient (Wildman–Crippen LogP) is 2.57. The summed E-state index contributed by atoms with van der Waals surface area (Å²) in [6, 6.07) is 10.5. The van der Waals surface area contributed by atoms with Gasteiger partial charge in [-0.25, -0.2) is 9.48 Å². The van der Waals surface area contributed by atoms with E-state index in [1.807, 2.05) is 6.07 Å². The Morgan fingerprint density at radius 2 is 2.12 bits per heavy atom. The average molecular weight is 457 g/mol. The number of nitrogens with one attached hydrogen (secondary N) is 1. The van der Waals surface area contributed by atoms with Crippen LogP contribution in [0.1, 0.15) is 16.8 Å². The molecule has 0 aliphatic rings. The van der Waals surface area contributed by atoms with Crippen LogP contribution in [0.25, 0.3) is 5.65 Å². The Labute approximate surface area is 156 Å². The molecule has 2 aromatic heterocycles. The third-order valence-electron chi connectivity index (χ3n) is 3.50. The van der Waals surface area contributed by atoms with E-state index in [1.54, 1.807) is 36.5 Å². The first-order valence-electron chi connectivity index (χ1n) is 7.34. The fourth-order valence-electron chi connectivity index (χ4n) is 2.31. The van der Waals surface area contributed by atoms with Gasteiger partial charge < -0.3 is 5.32 Å². The second kappa shape index (κ2) is 7.35. The van der Waals surface area contributed by atoms with Crippen molar-refractivity contribution in [1.82, 2.24) is 19.5 Å². The second-order valence-corrected chi connectivity index (χ2v) is 6.77. The summed E-state index contributed by atoms with van der Waals surface area (Å²) in [6.07, 6.45) is 2.30. The maximum Gasteiger partial charge on any atom is 0.350 e. The molecule has 3 aromatic rings. The van der Waals surface area contributed by atoms with Crippen LogP contribution >= 0.6 is 34.2 Å². The van der Waals surface area contributed by atoms with Gasteiger partial charge in [0.1, 0.15) is 0 Å². The van der Waals surface area contributed by atoms with Crippen molar-refractivity contribution in [2.24, 2.45) is 0 Å². The highest BCUT2D eigenvalue weighted by Gasteiger charge is 2.10. The molecular formula is C16H14ClIN4O2. The lowest BCUT2D eigenvalue weighted by Crippen LogP contribution is -2.28. The highest BCUT2D eigenvalue weighted by atomic mass is 127. The third kappa shape index (κ3) is 3.62. The van der Waals surface area contributed by atoms with Crippen molar-refractivity contribution < 1.29 is 4.79 Å². The number of benzene rings is 1. The Balaban J connectivity index is 1.57. The fourth-order valence-corrected chi connectivity index (χ4v) is 3.43. The largest absolute Gasteiger partial charge is 0.352 e. The first kappa shape index (κ1) is 17.0. The topological polar surface area (TPSA) is 68.4 Å². The molecule has 0 aliphatic carbocycles. The molecule has 0 atom stereocenters. The Kier molecular flexibility index (Phi) is 5.20. The number of aryl methyl sites for hydroxylation is 1. The molecule has 24 heavy (non-hydrogen) atoms. The van der Waals surface area contributed by atoms with Crippen LogP contribution in [0.2, 0.25) is 5.02 Å². The van der Waals surface area contributed by atoms with Crippen molar-refractivity contribution >= 4 is 45.7 Å². The predicted molar refractivity (Wildman–Crippen MR) is 101 cm³/mol. The minimum Gasteiger partial charge on any atom is -0.352 e. The van der Waals surface area contributed by atoms with Gasteiger partial charge in [0.05, 0.1) is 5.56 Å². The summed E-state index contributed by atoms with van der Waals surface area (Å²) in [5, 5.41) is 7.69. The van der Waals surface area contributed by atoms with E-state index in [1.165, 1.54) is 9.08 Å². The molecule has 0 bridgehead atoms. The molecule has 0 saturated carbocycles. The summed E-state index contributed by atoms with van der Waals surface area (Å²) in [7, 11) is 0. The smallest absolute Gasteiger partial charge is 0.350 e. The minimum atomic E-state index is -0.177. The van der Waals surface area contributed by atoms with Gasteiger partial charge in [-0.15, -0.1) is 5.10 Å². The fraction of sp³-hybridized carbons (Fsp3) is 0.188. The summed E-state index contributed by atoms with van der Waals surface area (Å²) < 4.78 is 3.71. The molecule has 3 rings (SSSR count). The number of halogens is 2. The van der Waals surface area contributed by atoms with Crippen LogP contribution < -0.4 is 11.0 Å². The van der Waals surface area contributed by atoms with Crippen molar-refractivity contribution in [2.45, 2.75) is 13.0 Å². The van der Waals surface area contributed by atoms with Gasteiger partial charge in [-0.1, -0.05) is 17.7 Å². The molecule has 0 unspecified atom stereocenters. The van der Waals surface area contributed by atoms with Crippen molar-refractivity contribution in [3.63, 3.8) is 0 Å². The number of fused-ring (bicyclic) bond motifs is 1. The molecule has 2 heterocycles. The zero-order chi connectivity index (χ0) is 17.1. The number of aromatic nitrogens is 3. The summed E-state index contributed by atoms with van der Waals surface area (Å²) in [6.45, 7) is 0.899. The van der Waals surface area contributed by atoms with Crippen LogP contribution in [0.15, 0.2) is 47.4 Å². The van der Waals surface area contributed by atoms with Gasteiger partial charge in [-0.2, -0.15) is 0 Å². The molecule has 0 fully saturated rings. The van der Waals surface area contributed by atoms with Gasteiger partial charge >= 0.3 is 5.69 Å². The maximum absolute atomic E-state index is 12.1. The molecular weight excluding hydrogens is 443 g/mol. The normalized spacial score (nSPS) is 10.9. The molecule has 0 radical (unpaired) electrons. The molecule has 6 nitrogen and oxygen atoms in total. The number of pyridine rings is 1. The number of hydrogen-bond acceptors (Lipinski definition) is 3. The van der Waals surface area contributed by atoms with E-state index >= 15 is 0 Å². The van der Waals surface area contributed by atoms with Crippen LogP contribution in [-0.2, 0) is 6.54 Å². The van der Waals surface area contributed by atoms with Crippen LogP contribution in [-0.4, -0.2) is 26.6 Å². The van der Waals surface area contributed by atoms with Gasteiger partial charge in [-0.05, 0) is 59.3 Å². The molecule has 0 saturated heterocycles. The number of rotatable bonds is 5. The SMILES string of the molecule is O=C(NCCCn1nc2ccccn2c1=O)c1ccc(Cl)cc1I. The third-order valence-corrected chi connectivity index (χ3v) is 4.62. The molecule has 0 aliphatic heterocycles. The summed E-state index contributed by atoms with van der Waals surface area (Å²) in [5.41, 5.74) is 1.02. The number of carbonyl (C=O) groups excluding carboxylic acids is 1. The molecule has 1 amide bonds. The average Bonchev–Trinajstić information content (AvgIpc) is 2.88. The van der Waals surface area contributed by atoms with Crippen LogP contribution in [0.5, 0.6) is 0 Å². The highest BCUT2D eigenvalue weighted by molar-refractivity contribution is 14.1. The van der Waals surface area contributed by atoms with Crippen molar-refractivity contribution in [3.05, 3.63) is 67.2 Å². The van der Waals surface area contributed by atoms with Gasteiger partial charge in [0.25, 0.3) is 5.91 Å². The van der Waals surface area contributed by atoms with E-state index in [9.17, 15) is 9.59 Å². The van der Waals surface area contributed by atoms with Gasteiger partial charge in [0.15, 0.2) is 5.65 Å². The monoisotopic (exact) mass is 456 g/mol. The molecule has 8 heteroatoms. The number of amides is 1. The summed E-state index contributed by atoms with van der Waals surface area (Å²) in [4.78, 5) is 24.3. The van der Waals surface area contributed by atoms with Crippen molar-refractivity contribution in [3.8, 4) is 0 Å².